The fraction of sp³-hybridized carbons (Fsp3) is 0.0323. The molecular weight excluding hydrogens is 408 g/mol. The van der Waals surface area contributed by atoms with E-state index in [2.05, 4.69) is 115 Å². The van der Waals surface area contributed by atoms with Gasteiger partial charge in [0.05, 0.1) is 5.41 Å². The van der Waals surface area contributed by atoms with Crippen molar-refractivity contribution in [2.75, 3.05) is 0 Å². The maximum atomic E-state index is 6.22. The van der Waals surface area contributed by atoms with E-state index in [9.17, 15) is 0 Å². The van der Waals surface area contributed by atoms with Crippen molar-refractivity contribution < 1.29 is 0 Å². The van der Waals surface area contributed by atoms with Crippen LogP contribution in [0.15, 0.2) is 127 Å². The molecule has 1 aliphatic carbocycles. The summed E-state index contributed by atoms with van der Waals surface area (Å²) in [7, 11) is 0. The van der Waals surface area contributed by atoms with E-state index in [0.29, 0.717) is 0 Å². The molecular formula is C31H21Cl. The van der Waals surface area contributed by atoms with Gasteiger partial charge in [0.25, 0.3) is 0 Å². The minimum absolute atomic E-state index is 0.398. The van der Waals surface area contributed by atoms with Crippen LogP contribution in [0, 0.1) is 0 Å². The van der Waals surface area contributed by atoms with E-state index >= 15 is 0 Å². The predicted molar refractivity (Wildman–Crippen MR) is 134 cm³/mol. The molecule has 0 atom stereocenters. The summed E-state index contributed by atoms with van der Waals surface area (Å²) in [6.07, 6.45) is 0. The largest absolute Gasteiger partial charge is 0.0843 e. The summed E-state index contributed by atoms with van der Waals surface area (Å²) in [6.45, 7) is 0. The highest BCUT2D eigenvalue weighted by atomic mass is 35.5. The van der Waals surface area contributed by atoms with Crippen LogP contribution in [0.1, 0.15) is 22.3 Å². The fourth-order valence-electron chi connectivity index (χ4n) is 5.37. The van der Waals surface area contributed by atoms with Gasteiger partial charge in [-0.3, -0.25) is 0 Å². The SMILES string of the molecule is Clc1ccc(-c2ccccc2C2(c3ccccc3)c3ccccc3-c3ccccc32)cc1. The number of fused-ring (bicyclic) bond motifs is 3. The molecule has 0 saturated heterocycles. The number of halogens is 1. The highest BCUT2D eigenvalue weighted by molar-refractivity contribution is 6.30. The zero-order valence-corrected chi connectivity index (χ0v) is 18.3. The van der Waals surface area contributed by atoms with Crippen LogP contribution in [0.5, 0.6) is 0 Å². The number of hydrogen-bond donors (Lipinski definition) is 0. The molecule has 0 aromatic heterocycles. The third-order valence-electron chi connectivity index (χ3n) is 6.65. The fourth-order valence-corrected chi connectivity index (χ4v) is 5.50. The second-order valence-corrected chi connectivity index (χ2v) is 8.70. The van der Waals surface area contributed by atoms with Gasteiger partial charge in [0.1, 0.15) is 0 Å². The Morgan fingerprint density at radius 3 is 1.41 bits per heavy atom. The lowest BCUT2D eigenvalue weighted by Gasteiger charge is -2.35. The molecule has 0 heterocycles. The van der Waals surface area contributed by atoms with Gasteiger partial charge in [-0.15, -0.1) is 0 Å². The molecule has 0 amide bonds. The van der Waals surface area contributed by atoms with E-state index in [1.807, 2.05) is 12.1 Å². The smallest absolute Gasteiger partial charge is 0.0719 e. The monoisotopic (exact) mass is 428 g/mol. The van der Waals surface area contributed by atoms with Gasteiger partial charge in [0, 0.05) is 5.02 Å². The van der Waals surface area contributed by atoms with E-state index in [-0.39, 0.29) is 0 Å². The van der Waals surface area contributed by atoms with Gasteiger partial charge < -0.3 is 0 Å². The molecule has 0 radical (unpaired) electrons. The molecule has 5 aromatic carbocycles. The first-order valence-corrected chi connectivity index (χ1v) is 11.3. The van der Waals surface area contributed by atoms with Gasteiger partial charge in [0.15, 0.2) is 0 Å². The zero-order chi connectivity index (χ0) is 21.5. The van der Waals surface area contributed by atoms with Crippen molar-refractivity contribution in [2.24, 2.45) is 0 Å². The molecule has 1 heteroatoms. The molecule has 0 fully saturated rings. The van der Waals surface area contributed by atoms with Crippen LogP contribution in [0.2, 0.25) is 5.02 Å². The van der Waals surface area contributed by atoms with Crippen LogP contribution in [-0.4, -0.2) is 0 Å². The Bertz CT molecular complexity index is 1370. The second kappa shape index (κ2) is 7.51. The summed E-state index contributed by atoms with van der Waals surface area (Å²) in [4.78, 5) is 0. The van der Waals surface area contributed by atoms with Crippen molar-refractivity contribution in [3.63, 3.8) is 0 Å². The van der Waals surface area contributed by atoms with Gasteiger partial charge in [-0.25, -0.2) is 0 Å². The summed E-state index contributed by atoms with van der Waals surface area (Å²) in [5.74, 6) is 0. The summed E-state index contributed by atoms with van der Waals surface area (Å²) < 4.78 is 0. The Labute approximate surface area is 193 Å². The van der Waals surface area contributed by atoms with Crippen molar-refractivity contribution in [1.82, 2.24) is 0 Å². The molecule has 0 spiro atoms. The van der Waals surface area contributed by atoms with E-state index in [0.717, 1.165) is 5.02 Å². The maximum absolute atomic E-state index is 6.22. The molecule has 0 unspecified atom stereocenters. The topological polar surface area (TPSA) is 0 Å². The summed E-state index contributed by atoms with van der Waals surface area (Å²) in [5.41, 5.74) is 9.81. The molecule has 0 saturated carbocycles. The van der Waals surface area contributed by atoms with Gasteiger partial charge in [-0.1, -0.05) is 127 Å². The molecule has 152 valence electrons. The first-order valence-electron chi connectivity index (χ1n) is 10.9. The van der Waals surface area contributed by atoms with Gasteiger partial charge >= 0.3 is 0 Å². The molecule has 6 rings (SSSR count). The number of rotatable bonds is 3. The Balaban J connectivity index is 1.77. The van der Waals surface area contributed by atoms with Crippen molar-refractivity contribution in [3.05, 3.63) is 155 Å². The molecule has 0 N–H and O–H groups in total. The average molecular weight is 429 g/mol. The first kappa shape index (κ1) is 19.1. The summed E-state index contributed by atoms with van der Waals surface area (Å²) in [5, 5.41) is 0.751. The van der Waals surface area contributed by atoms with Crippen LogP contribution < -0.4 is 0 Å². The maximum Gasteiger partial charge on any atom is 0.0719 e. The van der Waals surface area contributed by atoms with Crippen LogP contribution in [-0.2, 0) is 5.41 Å². The van der Waals surface area contributed by atoms with Crippen LogP contribution in [0.4, 0.5) is 0 Å². The third-order valence-corrected chi connectivity index (χ3v) is 6.90. The minimum Gasteiger partial charge on any atom is -0.0843 e. The summed E-state index contributed by atoms with van der Waals surface area (Å²) >= 11 is 6.22. The Hall–Kier alpha value is -3.61. The number of benzene rings is 5. The third kappa shape index (κ3) is 2.70. The van der Waals surface area contributed by atoms with Crippen molar-refractivity contribution in [2.45, 2.75) is 5.41 Å². The minimum atomic E-state index is -0.398. The Kier molecular flexibility index (Phi) is 4.48. The van der Waals surface area contributed by atoms with Crippen LogP contribution in [0.3, 0.4) is 0 Å². The zero-order valence-electron chi connectivity index (χ0n) is 17.5. The lowest BCUT2D eigenvalue weighted by atomic mass is 9.66. The normalized spacial score (nSPS) is 13.4. The van der Waals surface area contributed by atoms with Gasteiger partial charge in [0.2, 0.25) is 0 Å². The quantitative estimate of drug-likeness (QED) is 0.265. The summed E-state index contributed by atoms with van der Waals surface area (Å²) in [6, 6.07) is 45.6. The standard InChI is InChI=1S/C31H21Cl/c32-24-20-18-22(19-21-24)25-12-4-7-15-28(25)31(23-10-2-1-3-11-23)29-16-8-5-13-26(29)27-14-6-9-17-30(27)31/h1-21H. The van der Waals surface area contributed by atoms with E-state index in [4.69, 9.17) is 11.6 Å². The second-order valence-electron chi connectivity index (χ2n) is 8.26. The van der Waals surface area contributed by atoms with Crippen LogP contribution in [0.25, 0.3) is 22.3 Å². The highest BCUT2D eigenvalue weighted by Crippen LogP contribution is 2.57. The van der Waals surface area contributed by atoms with Crippen LogP contribution >= 0.6 is 11.6 Å². The molecule has 32 heavy (non-hydrogen) atoms. The number of hydrogen-bond acceptors (Lipinski definition) is 0. The Morgan fingerprint density at radius 1 is 0.406 bits per heavy atom. The van der Waals surface area contributed by atoms with Crippen molar-refractivity contribution in [3.8, 4) is 22.3 Å². The average Bonchev–Trinajstić information content (AvgIpc) is 3.16. The van der Waals surface area contributed by atoms with E-state index < -0.39 is 5.41 Å². The van der Waals surface area contributed by atoms with Crippen molar-refractivity contribution >= 4 is 11.6 Å². The van der Waals surface area contributed by atoms with E-state index in [1.54, 1.807) is 0 Å². The molecule has 5 aromatic rings. The van der Waals surface area contributed by atoms with Gasteiger partial charge in [-0.2, -0.15) is 0 Å². The lowest BCUT2D eigenvalue weighted by molar-refractivity contribution is 0.770. The van der Waals surface area contributed by atoms with Crippen molar-refractivity contribution in [1.29, 1.82) is 0 Å². The molecule has 0 bridgehead atoms. The molecule has 0 aliphatic heterocycles. The highest BCUT2D eigenvalue weighted by Gasteiger charge is 2.46. The first-order chi connectivity index (χ1) is 15.8. The molecule has 1 aliphatic rings. The lowest BCUT2D eigenvalue weighted by Crippen LogP contribution is -2.29. The van der Waals surface area contributed by atoms with Gasteiger partial charge in [-0.05, 0) is 56.6 Å². The Morgan fingerprint density at radius 2 is 0.844 bits per heavy atom. The van der Waals surface area contributed by atoms with E-state index in [1.165, 1.54) is 44.5 Å². The molecule has 0 nitrogen and oxygen atoms in total. The predicted octanol–water partition coefficient (Wildman–Crippen LogP) is 8.37.